The van der Waals surface area contributed by atoms with Gasteiger partial charge in [-0.25, -0.2) is 4.39 Å². The minimum Gasteiger partial charge on any atom is -0.372 e. The van der Waals surface area contributed by atoms with E-state index in [1.807, 2.05) is 6.07 Å². The highest BCUT2D eigenvalue weighted by atomic mass is 19.1. The van der Waals surface area contributed by atoms with Gasteiger partial charge in [-0.05, 0) is 24.3 Å². The van der Waals surface area contributed by atoms with Gasteiger partial charge in [0.15, 0.2) is 0 Å². The Hall–Kier alpha value is -3.00. The molecule has 0 aliphatic carbocycles. The number of halogens is 1. The van der Waals surface area contributed by atoms with Gasteiger partial charge in [0.05, 0.1) is 11.4 Å². The lowest BCUT2D eigenvalue weighted by atomic mass is 10.2. The van der Waals surface area contributed by atoms with Crippen LogP contribution in [0.4, 0.5) is 4.39 Å². The van der Waals surface area contributed by atoms with E-state index < -0.39 is 0 Å². The molecule has 0 saturated carbocycles. The van der Waals surface area contributed by atoms with Gasteiger partial charge >= 0.3 is 0 Å². The van der Waals surface area contributed by atoms with Crippen molar-refractivity contribution in [2.24, 2.45) is 0 Å². The molecule has 2 aromatic rings. The smallest absolute Gasteiger partial charge is 0.128 e. The van der Waals surface area contributed by atoms with E-state index in [1.54, 1.807) is 42.6 Å². The predicted octanol–water partition coefficient (Wildman–Crippen LogP) is 2.79. The van der Waals surface area contributed by atoms with Crippen LogP contribution in [0.2, 0.25) is 0 Å². The lowest BCUT2D eigenvalue weighted by Crippen LogP contribution is -2.14. The number of nitrogens with one attached hydrogen (secondary N) is 2. The van der Waals surface area contributed by atoms with Crippen LogP contribution in [-0.2, 0) is 6.54 Å². The van der Waals surface area contributed by atoms with Crippen molar-refractivity contribution in [3.05, 3.63) is 77.5 Å². The Kier molecular flexibility index (Phi) is 4.78. The molecule has 0 spiro atoms. The minimum atomic E-state index is -0.331. The summed E-state index contributed by atoms with van der Waals surface area (Å²) >= 11 is 0. The van der Waals surface area contributed by atoms with Crippen molar-refractivity contribution in [2.75, 3.05) is 0 Å². The summed E-state index contributed by atoms with van der Waals surface area (Å²) in [6, 6.07) is 13.5. The quantitative estimate of drug-likeness (QED) is 0.653. The van der Waals surface area contributed by atoms with Crippen molar-refractivity contribution in [1.29, 1.82) is 10.7 Å². The summed E-state index contributed by atoms with van der Waals surface area (Å²) in [6.45, 7) is 0.182. The molecule has 2 rings (SSSR count). The van der Waals surface area contributed by atoms with Gasteiger partial charge in [0.2, 0.25) is 0 Å². The summed E-state index contributed by atoms with van der Waals surface area (Å²) in [4.78, 5) is 4.03. The maximum atomic E-state index is 13.5. The van der Waals surface area contributed by atoms with E-state index in [-0.39, 0.29) is 23.8 Å². The molecule has 1 heterocycles. The highest BCUT2D eigenvalue weighted by molar-refractivity contribution is 6.05. The molecule has 1 aromatic heterocycles. The summed E-state index contributed by atoms with van der Waals surface area (Å²) in [5.74, 6) is -0.331. The number of allylic oxidation sites excluding steroid dienone is 2. The van der Waals surface area contributed by atoms with Gasteiger partial charge in [0, 0.05) is 18.3 Å². The summed E-state index contributed by atoms with van der Waals surface area (Å²) in [7, 11) is 0. The molecule has 0 unspecified atom stereocenters. The molecule has 0 aliphatic rings. The third-order valence-corrected chi connectivity index (χ3v) is 2.78. The van der Waals surface area contributed by atoms with Gasteiger partial charge in [-0.15, -0.1) is 0 Å². The lowest BCUT2D eigenvalue weighted by Gasteiger charge is -2.06. The van der Waals surface area contributed by atoms with Gasteiger partial charge < -0.3 is 5.32 Å². The fraction of sp³-hybridized carbons (Fsp3) is 0.0625. The number of benzene rings is 1. The van der Waals surface area contributed by atoms with Gasteiger partial charge in [0.1, 0.15) is 17.6 Å². The van der Waals surface area contributed by atoms with Crippen LogP contribution in [0.1, 0.15) is 11.3 Å². The number of hydrogen-bond acceptors (Lipinski definition) is 4. The summed E-state index contributed by atoms with van der Waals surface area (Å²) in [5, 5.41) is 19.8. The monoisotopic (exact) mass is 280 g/mol. The number of nitrogens with zero attached hydrogens (tertiary/aromatic N) is 2. The lowest BCUT2D eigenvalue weighted by molar-refractivity contribution is 0.602. The Bertz CT molecular complexity index is 702. The Morgan fingerprint density at radius 3 is 2.71 bits per heavy atom. The van der Waals surface area contributed by atoms with Crippen molar-refractivity contribution in [3.8, 4) is 6.07 Å². The minimum absolute atomic E-state index is 0.119. The topological polar surface area (TPSA) is 72.6 Å². The van der Waals surface area contributed by atoms with Gasteiger partial charge in [-0.2, -0.15) is 5.26 Å². The highest BCUT2D eigenvalue weighted by Crippen LogP contribution is 2.07. The van der Waals surface area contributed by atoms with E-state index in [2.05, 4.69) is 10.3 Å². The van der Waals surface area contributed by atoms with Crippen LogP contribution in [-0.4, -0.2) is 10.7 Å². The average Bonchev–Trinajstić information content (AvgIpc) is 2.53. The predicted molar refractivity (Wildman–Crippen MR) is 78.0 cm³/mol. The Labute approximate surface area is 122 Å². The second-order valence-electron chi connectivity index (χ2n) is 4.24. The molecule has 0 saturated heterocycles. The molecular weight excluding hydrogens is 267 g/mol. The molecule has 21 heavy (non-hydrogen) atoms. The zero-order chi connectivity index (χ0) is 15.1. The molecule has 0 amide bonds. The molecule has 1 aromatic carbocycles. The first-order chi connectivity index (χ1) is 10.2. The van der Waals surface area contributed by atoms with Gasteiger partial charge in [0.25, 0.3) is 0 Å². The fourth-order valence-electron chi connectivity index (χ4n) is 1.70. The number of rotatable bonds is 5. The summed E-state index contributed by atoms with van der Waals surface area (Å²) in [5.41, 5.74) is 1.24. The number of hydrogen-bond donors (Lipinski definition) is 2. The van der Waals surface area contributed by atoms with Crippen LogP contribution in [0.25, 0.3) is 0 Å². The molecule has 0 bridgehead atoms. The Morgan fingerprint density at radius 1 is 1.29 bits per heavy atom. The number of aromatic nitrogens is 1. The standard InChI is InChI=1S/C16H13FN4/c17-14-6-2-1-5-12(14)11-21-13(10-18)9-15(19)16-7-3-4-8-20-16/h1-9,19,21H,11H2/b13-9-,19-15?. The van der Waals surface area contributed by atoms with Crippen molar-refractivity contribution < 1.29 is 4.39 Å². The summed E-state index contributed by atoms with van der Waals surface area (Å²) in [6.07, 6.45) is 2.96. The van der Waals surface area contributed by atoms with Crippen molar-refractivity contribution >= 4 is 5.71 Å². The zero-order valence-corrected chi connectivity index (χ0v) is 11.2. The van der Waals surface area contributed by atoms with E-state index in [0.717, 1.165) is 0 Å². The second-order valence-corrected chi connectivity index (χ2v) is 4.24. The first-order valence-electron chi connectivity index (χ1n) is 6.29. The van der Waals surface area contributed by atoms with Crippen LogP contribution < -0.4 is 5.32 Å². The highest BCUT2D eigenvalue weighted by Gasteiger charge is 2.04. The normalized spacial score (nSPS) is 10.8. The first kappa shape index (κ1) is 14.4. The first-order valence-corrected chi connectivity index (χ1v) is 6.29. The third kappa shape index (κ3) is 3.98. The van der Waals surface area contributed by atoms with Crippen LogP contribution in [0.15, 0.2) is 60.4 Å². The molecule has 104 valence electrons. The van der Waals surface area contributed by atoms with E-state index in [1.165, 1.54) is 12.1 Å². The SMILES string of the molecule is N#C/C(=C/C(=N)c1ccccn1)NCc1ccccc1F. The molecule has 0 fully saturated rings. The maximum absolute atomic E-state index is 13.5. The maximum Gasteiger partial charge on any atom is 0.128 e. The van der Waals surface area contributed by atoms with Gasteiger partial charge in [-0.1, -0.05) is 24.3 Å². The van der Waals surface area contributed by atoms with E-state index in [4.69, 9.17) is 10.7 Å². The van der Waals surface area contributed by atoms with Crippen molar-refractivity contribution in [2.45, 2.75) is 6.54 Å². The van der Waals surface area contributed by atoms with Crippen LogP contribution in [0.5, 0.6) is 0 Å². The molecule has 2 N–H and O–H groups in total. The molecule has 0 aliphatic heterocycles. The zero-order valence-electron chi connectivity index (χ0n) is 11.2. The average molecular weight is 280 g/mol. The molecule has 4 nitrogen and oxygen atoms in total. The van der Waals surface area contributed by atoms with E-state index in [9.17, 15) is 4.39 Å². The van der Waals surface area contributed by atoms with Gasteiger partial charge in [-0.3, -0.25) is 10.4 Å². The van der Waals surface area contributed by atoms with Crippen molar-refractivity contribution in [3.63, 3.8) is 0 Å². The molecule has 5 heteroatoms. The van der Waals surface area contributed by atoms with Crippen LogP contribution >= 0.6 is 0 Å². The van der Waals surface area contributed by atoms with Crippen LogP contribution in [0, 0.1) is 22.6 Å². The molecule has 0 atom stereocenters. The fourth-order valence-corrected chi connectivity index (χ4v) is 1.70. The van der Waals surface area contributed by atoms with E-state index in [0.29, 0.717) is 11.3 Å². The Balaban J connectivity index is 2.07. The number of pyridine rings is 1. The second kappa shape index (κ2) is 6.96. The molecular formula is C16H13FN4. The number of nitriles is 1. The Morgan fingerprint density at radius 2 is 2.05 bits per heavy atom. The van der Waals surface area contributed by atoms with Crippen LogP contribution in [0.3, 0.4) is 0 Å². The summed E-state index contributed by atoms with van der Waals surface area (Å²) < 4.78 is 13.5. The third-order valence-electron chi connectivity index (χ3n) is 2.78. The van der Waals surface area contributed by atoms with Crippen molar-refractivity contribution in [1.82, 2.24) is 10.3 Å². The van der Waals surface area contributed by atoms with E-state index >= 15 is 0 Å². The molecule has 0 radical (unpaired) electrons. The largest absolute Gasteiger partial charge is 0.372 e.